The molecule has 9 heteroatoms. The average molecular weight is 521 g/mol. The maximum atomic E-state index is 7.02. The van der Waals surface area contributed by atoms with Crippen LogP contribution in [0.1, 0.15) is 71.1 Å². The number of hydrogen-bond donors (Lipinski definition) is 0. The van der Waals surface area contributed by atoms with Crippen molar-refractivity contribution in [3.8, 4) is 0 Å². The van der Waals surface area contributed by atoms with Crippen LogP contribution in [0.2, 0.25) is 51.4 Å². The number of unbranched alkanes of at least 4 members (excludes halogenated alkanes) is 5. The molecular weight excluding hydrogens is 469 g/mol. The van der Waals surface area contributed by atoms with E-state index >= 15 is 0 Å². The summed E-state index contributed by atoms with van der Waals surface area (Å²) in [6.45, 7) is 15.7. The van der Waals surface area contributed by atoms with Gasteiger partial charge in [-0.3, -0.25) is 0 Å². The third-order valence-corrected chi connectivity index (χ3v) is 21.6. The molecule has 2 aliphatic rings. The zero-order chi connectivity index (χ0) is 23.8. The van der Waals surface area contributed by atoms with Crippen LogP contribution in [0.5, 0.6) is 0 Å². The van der Waals surface area contributed by atoms with Crippen LogP contribution in [0.4, 0.5) is 0 Å². The number of fused-ring (bicyclic) bond motifs is 1. The van der Waals surface area contributed by atoms with Gasteiger partial charge in [0, 0.05) is 7.11 Å². The Morgan fingerprint density at radius 1 is 0.844 bits per heavy atom. The highest BCUT2D eigenvalue weighted by Crippen LogP contribution is 2.42. The van der Waals surface area contributed by atoms with Gasteiger partial charge in [0.05, 0.1) is 12.2 Å². The molecule has 2 fully saturated rings. The molecule has 1 aliphatic carbocycles. The maximum absolute atomic E-state index is 7.02. The summed E-state index contributed by atoms with van der Waals surface area (Å²) in [5.74, 6) is 0.762. The van der Waals surface area contributed by atoms with Gasteiger partial charge in [0.25, 0.3) is 0 Å². The van der Waals surface area contributed by atoms with E-state index in [2.05, 4.69) is 46.2 Å². The van der Waals surface area contributed by atoms with Crippen LogP contribution in [-0.4, -0.2) is 54.0 Å². The standard InChI is InChI=1S/C23H52O5Si4/c1-9-10-11-12-13-14-18-32(8,27-30(5,6)26-29(3)4)28-31(7,24-2)19-17-21-15-16-22-23(20-21)25-22/h21-23,29H,9-20H2,1-8H3. The molecule has 5 atom stereocenters. The Hall–Kier alpha value is 0.668. The molecule has 0 aromatic rings. The summed E-state index contributed by atoms with van der Waals surface area (Å²) in [4.78, 5) is 0. The summed E-state index contributed by atoms with van der Waals surface area (Å²) in [5.41, 5.74) is 0. The highest BCUT2D eigenvalue weighted by atomic mass is 28.5. The van der Waals surface area contributed by atoms with Gasteiger partial charge in [-0.25, -0.2) is 0 Å². The van der Waals surface area contributed by atoms with Gasteiger partial charge in [0.2, 0.25) is 0 Å². The van der Waals surface area contributed by atoms with Gasteiger partial charge >= 0.3 is 25.7 Å². The van der Waals surface area contributed by atoms with Crippen LogP contribution in [-0.2, 0) is 21.5 Å². The summed E-state index contributed by atoms with van der Waals surface area (Å²) >= 11 is 0. The van der Waals surface area contributed by atoms with Crippen molar-refractivity contribution < 1.29 is 21.5 Å². The lowest BCUT2D eigenvalue weighted by atomic mass is 9.88. The van der Waals surface area contributed by atoms with E-state index in [1.165, 1.54) is 64.2 Å². The minimum Gasteiger partial charge on any atom is -0.440 e. The molecule has 2 rings (SSSR count). The summed E-state index contributed by atoms with van der Waals surface area (Å²) in [6, 6.07) is 2.10. The lowest BCUT2D eigenvalue weighted by Crippen LogP contribution is -2.57. The summed E-state index contributed by atoms with van der Waals surface area (Å²) in [7, 11) is -6.20. The van der Waals surface area contributed by atoms with E-state index in [1.807, 2.05) is 7.11 Å². The van der Waals surface area contributed by atoms with Crippen molar-refractivity contribution in [1.29, 1.82) is 0 Å². The fourth-order valence-electron chi connectivity index (χ4n) is 5.33. The first kappa shape index (κ1) is 28.9. The Kier molecular flexibility index (Phi) is 11.8. The van der Waals surface area contributed by atoms with E-state index in [0.29, 0.717) is 12.2 Å². The fraction of sp³-hybridized carbons (Fsp3) is 1.00. The number of epoxide rings is 1. The lowest BCUT2D eigenvalue weighted by molar-refractivity contribution is 0.249. The predicted octanol–water partition coefficient (Wildman–Crippen LogP) is 6.83. The topological polar surface area (TPSA) is 49.5 Å². The Labute approximate surface area is 203 Å². The molecule has 190 valence electrons. The van der Waals surface area contributed by atoms with Crippen LogP contribution in [0.25, 0.3) is 0 Å². The van der Waals surface area contributed by atoms with Crippen LogP contribution in [0.3, 0.4) is 0 Å². The SMILES string of the molecule is CCCCCCCC[Si](C)(O[Si](C)(C)O[SiH](C)C)O[Si](C)(CCC1CCC2OC2C1)OC. The molecule has 1 aliphatic heterocycles. The summed E-state index contributed by atoms with van der Waals surface area (Å²) in [5, 5.41) is 0. The van der Waals surface area contributed by atoms with Crippen molar-refractivity contribution in [2.24, 2.45) is 5.92 Å². The predicted molar refractivity (Wildman–Crippen MR) is 143 cm³/mol. The second-order valence-electron chi connectivity index (χ2n) is 11.2. The van der Waals surface area contributed by atoms with Gasteiger partial charge in [-0.1, -0.05) is 45.4 Å². The molecule has 1 saturated heterocycles. The first-order chi connectivity index (χ1) is 15.0. The van der Waals surface area contributed by atoms with Crippen LogP contribution in [0.15, 0.2) is 0 Å². The van der Waals surface area contributed by atoms with Crippen molar-refractivity contribution >= 4 is 34.7 Å². The fourth-order valence-corrected chi connectivity index (χ4v) is 22.4. The molecule has 1 saturated carbocycles. The number of ether oxygens (including phenoxy) is 1. The van der Waals surface area contributed by atoms with E-state index in [4.69, 9.17) is 21.5 Å². The molecule has 0 aromatic carbocycles. The molecule has 0 radical (unpaired) electrons. The zero-order valence-electron chi connectivity index (χ0n) is 22.3. The monoisotopic (exact) mass is 520 g/mol. The van der Waals surface area contributed by atoms with Gasteiger partial charge in [-0.15, -0.1) is 0 Å². The molecule has 5 unspecified atom stereocenters. The van der Waals surface area contributed by atoms with Crippen molar-refractivity contribution in [2.45, 2.75) is 135 Å². The molecule has 0 bridgehead atoms. The van der Waals surface area contributed by atoms with Crippen molar-refractivity contribution in [3.05, 3.63) is 0 Å². The first-order valence-corrected chi connectivity index (χ1v) is 23.9. The van der Waals surface area contributed by atoms with E-state index < -0.39 is 34.7 Å². The maximum Gasteiger partial charge on any atom is 0.325 e. The Bertz CT molecular complexity index is 552. The Balaban J connectivity index is 1.96. The highest BCUT2D eigenvalue weighted by Gasteiger charge is 2.48. The molecule has 32 heavy (non-hydrogen) atoms. The third kappa shape index (κ3) is 10.5. The molecular formula is C23H52O5Si4. The van der Waals surface area contributed by atoms with Gasteiger partial charge < -0.3 is 21.5 Å². The lowest BCUT2D eigenvalue weighted by Gasteiger charge is -2.41. The average Bonchev–Trinajstić information content (AvgIpc) is 3.46. The molecule has 1 heterocycles. The Morgan fingerprint density at radius 2 is 1.53 bits per heavy atom. The Morgan fingerprint density at radius 3 is 2.16 bits per heavy atom. The van der Waals surface area contributed by atoms with Gasteiger partial charge in [-0.2, -0.15) is 0 Å². The zero-order valence-corrected chi connectivity index (χ0v) is 26.5. The van der Waals surface area contributed by atoms with E-state index in [1.54, 1.807) is 0 Å². The van der Waals surface area contributed by atoms with E-state index in [9.17, 15) is 0 Å². The van der Waals surface area contributed by atoms with Gasteiger partial charge in [0.15, 0.2) is 9.04 Å². The van der Waals surface area contributed by atoms with Crippen LogP contribution >= 0.6 is 0 Å². The molecule has 5 nitrogen and oxygen atoms in total. The second-order valence-corrected chi connectivity index (χ2v) is 24.6. The third-order valence-electron chi connectivity index (χ3n) is 6.95. The normalized spacial score (nSPS) is 27.1. The highest BCUT2D eigenvalue weighted by molar-refractivity contribution is 6.86. The smallest absolute Gasteiger partial charge is 0.325 e. The molecule has 0 spiro atoms. The number of hydrogen-bond acceptors (Lipinski definition) is 5. The van der Waals surface area contributed by atoms with Gasteiger partial charge in [-0.05, 0) is 83.0 Å². The largest absolute Gasteiger partial charge is 0.440 e. The van der Waals surface area contributed by atoms with Gasteiger partial charge in [0.1, 0.15) is 0 Å². The summed E-state index contributed by atoms with van der Waals surface area (Å²) < 4.78 is 32.2. The minimum atomic E-state index is -2.40. The molecule has 0 aromatic heterocycles. The molecule has 0 N–H and O–H groups in total. The first-order valence-electron chi connectivity index (χ1n) is 13.3. The van der Waals surface area contributed by atoms with E-state index in [-0.39, 0.29) is 0 Å². The van der Waals surface area contributed by atoms with Crippen LogP contribution in [0, 0.1) is 5.92 Å². The van der Waals surface area contributed by atoms with E-state index in [0.717, 1.165) is 18.0 Å². The quantitative estimate of drug-likeness (QED) is 0.119. The summed E-state index contributed by atoms with van der Waals surface area (Å²) in [6.07, 6.45) is 13.8. The minimum absolute atomic E-state index is 0.546. The molecule has 0 amide bonds. The van der Waals surface area contributed by atoms with Crippen molar-refractivity contribution in [1.82, 2.24) is 0 Å². The van der Waals surface area contributed by atoms with Crippen molar-refractivity contribution in [2.75, 3.05) is 7.11 Å². The second kappa shape index (κ2) is 13.1. The number of rotatable bonds is 17. The van der Waals surface area contributed by atoms with Crippen molar-refractivity contribution in [3.63, 3.8) is 0 Å². The van der Waals surface area contributed by atoms with Crippen LogP contribution < -0.4 is 0 Å².